The van der Waals surface area contributed by atoms with Gasteiger partial charge in [-0.25, -0.2) is 19.0 Å². The minimum Gasteiger partial charge on any atom is -0.464 e. The van der Waals surface area contributed by atoms with Crippen LogP contribution in [0.2, 0.25) is 5.02 Å². The zero-order valence-electron chi connectivity index (χ0n) is 8.09. The number of aliphatic hydroxyl groups is 1. The number of carbonyl (C=O) groups is 2. The van der Waals surface area contributed by atoms with Crippen LogP contribution in [0.3, 0.4) is 0 Å². The SMILES string of the molecule is O=C(O)N(C(=O)O)c1nc(CO)c(Cl)cc1F. The molecule has 3 N–H and O–H groups in total. The Hall–Kier alpha value is -1.93. The van der Waals surface area contributed by atoms with Crippen molar-refractivity contribution >= 4 is 29.6 Å². The van der Waals surface area contributed by atoms with E-state index in [1.54, 1.807) is 0 Å². The highest BCUT2D eigenvalue weighted by Gasteiger charge is 2.27. The summed E-state index contributed by atoms with van der Waals surface area (Å²) in [5, 5.41) is 25.8. The van der Waals surface area contributed by atoms with Crippen molar-refractivity contribution in [3.63, 3.8) is 0 Å². The van der Waals surface area contributed by atoms with Gasteiger partial charge in [-0.05, 0) is 6.07 Å². The maximum atomic E-state index is 13.3. The van der Waals surface area contributed by atoms with Crippen molar-refractivity contribution in [3.8, 4) is 0 Å². The Morgan fingerprint density at radius 2 is 1.94 bits per heavy atom. The van der Waals surface area contributed by atoms with Gasteiger partial charge in [-0.1, -0.05) is 11.6 Å². The van der Waals surface area contributed by atoms with Gasteiger partial charge in [0.05, 0.1) is 17.3 Å². The standard InChI is InChI=1S/C8H6ClFN2O5/c9-3-1-4(10)6(11-5(3)2-13)12(7(14)15)8(16)17/h1,13H,2H2,(H,14,15)(H,16,17). The molecule has 0 spiro atoms. The molecule has 0 aromatic carbocycles. The van der Waals surface area contributed by atoms with E-state index in [4.69, 9.17) is 26.9 Å². The molecule has 1 rings (SSSR count). The van der Waals surface area contributed by atoms with Gasteiger partial charge in [0, 0.05) is 0 Å². The molecule has 1 aromatic rings. The van der Waals surface area contributed by atoms with Crippen LogP contribution in [0.25, 0.3) is 0 Å². The molecule has 92 valence electrons. The van der Waals surface area contributed by atoms with E-state index < -0.39 is 30.4 Å². The Morgan fingerprint density at radius 3 is 2.35 bits per heavy atom. The number of aliphatic hydroxyl groups excluding tert-OH is 1. The number of hydrogen-bond acceptors (Lipinski definition) is 4. The van der Waals surface area contributed by atoms with E-state index in [2.05, 4.69) is 4.98 Å². The summed E-state index contributed by atoms with van der Waals surface area (Å²) in [6, 6.07) is 0.675. The van der Waals surface area contributed by atoms with Gasteiger partial charge in [-0.3, -0.25) is 0 Å². The van der Waals surface area contributed by atoms with Gasteiger partial charge in [0.15, 0.2) is 11.6 Å². The summed E-state index contributed by atoms with van der Waals surface area (Å²) in [5.74, 6) is -2.18. The molecule has 0 aliphatic rings. The molecule has 0 unspecified atom stereocenters. The molecular weight excluding hydrogens is 259 g/mol. The Labute approximate surface area is 98.7 Å². The summed E-state index contributed by atoms with van der Waals surface area (Å²) in [5.41, 5.74) is -0.226. The third kappa shape index (κ3) is 2.60. The van der Waals surface area contributed by atoms with E-state index in [0.29, 0.717) is 6.07 Å². The summed E-state index contributed by atoms with van der Waals surface area (Å²) in [6.45, 7) is -0.681. The molecule has 0 aliphatic carbocycles. The van der Waals surface area contributed by atoms with Crippen LogP contribution in [0.5, 0.6) is 0 Å². The first-order chi connectivity index (χ1) is 7.88. The molecule has 17 heavy (non-hydrogen) atoms. The molecule has 7 nitrogen and oxygen atoms in total. The van der Waals surface area contributed by atoms with Crippen LogP contribution in [0.1, 0.15) is 5.69 Å². The second kappa shape index (κ2) is 4.93. The van der Waals surface area contributed by atoms with Crippen molar-refractivity contribution in [3.05, 3.63) is 22.6 Å². The number of amides is 2. The summed E-state index contributed by atoms with van der Waals surface area (Å²) in [7, 11) is 0. The topological polar surface area (TPSA) is 111 Å². The molecule has 2 amide bonds. The summed E-state index contributed by atoms with van der Waals surface area (Å²) in [6.07, 6.45) is -3.84. The molecule has 9 heteroatoms. The maximum absolute atomic E-state index is 13.3. The van der Waals surface area contributed by atoms with Gasteiger partial charge in [0.1, 0.15) is 0 Å². The van der Waals surface area contributed by atoms with Gasteiger partial charge in [-0.15, -0.1) is 0 Å². The molecule has 0 saturated heterocycles. The van der Waals surface area contributed by atoms with Crippen molar-refractivity contribution in [2.75, 3.05) is 4.90 Å². The van der Waals surface area contributed by atoms with Crippen molar-refractivity contribution in [2.24, 2.45) is 0 Å². The lowest BCUT2D eigenvalue weighted by Crippen LogP contribution is -2.36. The summed E-state index contributed by atoms with van der Waals surface area (Å²) in [4.78, 5) is 24.3. The first kappa shape index (κ1) is 13.1. The van der Waals surface area contributed by atoms with Crippen LogP contribution >= 0.6 is 11.6 Å². The molecule has 1 heterocycles. The van der Waals surface area contributed by atoms with E-state index in [0.717, 1.165) is 0 Å². The van der Waals surface area contributed by atoms with Gasteiger partial charge in [0.2, 0.25) is 0 Å². The van der Waals surface area contributed by atoms with Crippen LogP contribution in [-0.2, 0) is 6.61 Å². The molecule has 0 fully saturated rings. The third-order valence-electron chi connectivity index (χ3n) is 1.73. The molecule has 0 atom stereocenters. The minimum absolute atomic E-state index is 0.226. The zero-order chi connectivity index (χ0) is 13.2. The molecule has 1 aromatic heterocycles. The first-order valence-electron chi connectivity index (χ1n) is 4.10. The predicted molar refractivity (Wildman–Crippen MR) is 53.7 cm³/mol. The average molecular weight is 265 g/mol. The third-order valence-corrected chi connectivity index (χ3v) is 2.06. The number of imide groups is 1. The molecule has 0 aliphatic heterocycles. The summed E-state index contributed by atoms with van der Waals surface area (Å²) < 4.78 is 13.3. The Morgan fingerprint density at radius 1 is 1.41 bits per heavy atom. The Balaban J connectivity index is 3.38. The van der Waals surface area contributed by atoms with Crippen molar-refractivity contribution in [1.29, 1.82) is 0 Å². The number of rotatable bonds is 2. The van der Waals surface area contributed by atoms with E-state index in [-0.39, 0.29) is 15.6 Å². The maximum Gasteiger partial charge on any atom is 0.422 e. The second-order valence-electron chi connectivity index (χ2n) is 2.78. The lowest BCUT2D eigenvalue weighted by Gasteiger charge is -2.14. The zero-order valence-corrected chi connectivity index (χ0v) is 8.85. The lowest BCUT2D eigenvalue weighted by atomic mass is 10.3. The fourth-order valence-corrected chi connectivity index (χ4v) is 1.22. The van der Waals surface area contributed by atoms with Crippen LogP contribution in [-0.4, -0.2) is 32.5 Å². The number of anilines is 1. The number of carboxylic acid groups (broad SMARTS) is 2. The normalized spacial score (nSPS) is 10.1. The van der Waals surface area contributed by atoms with Gasteiger partial charge >= 0.3 is 12.2 Å². The van der Waals surface area contributed by atoms with Gasteiger partial charge in [-0.2, -0.15) is 4.90 Å². The van der Waals surface area contributed by atoms with Crippen LogP contribution in [0.15, 0.2) is 6.07 Å². The highest BCUT2D eigenvalue weighted by Crippen LogP contribution is 2.23. The highest BCUT2D eigenvalue weighted by atomic mass is 35.5. The Kier molecular flexibility index (Phi) is 3.81. The minimum atomic E-state index is -1.92. The predicted octanol–water partition coefficient (Wildman–Crippen LogP) is 1.53. The largest absolute Gasteiger partial charge is 0.464 e. The van der Waals surface area contributed by atoms with Crippen LogP contribution in [0, 0.1) is 5.82 Å². The average Bonchev–Trinajstić information content (AvgIpc) is 2.20. The van der Waals surface area contributed by atoms with E-state index in [1.807, 2.05) is 0 Å². The highest BCUT2D eigenvalue weighted by molar-refractivity contribution is 6.31. The van der Waals surface area contributed by atoms with Crippen LogP contribution in [0.4, 0.5) is 19.8 Å². The fraction of sp³-hybridized carbons (Fsp3) is 0.125. The van der Waals surface area contributed by atoms with Crippen LogP contribution < -0.4 is 4.90 Å². The summed E-state index contributed by atoms with van der Waals surface area (Å²) >= 11 is 5.49. The van der Waals surface area contributed by atoms with Crippen molar-refractivity contribution < 1.29 is 29.3 Å². The van der Waals surface area contributed by atoms with E-state index in [1.165, 1.54) is 0 Å². The quantitative estimate of drug-likeness (QED) is 0.747. The lowest BCUT2D eigenvalue weighted by molar-refractivity contribution is 0.183. The smallest absolute Gasteiger partial charge is 0.422 e. The van der Waals surface area contributed by atoms with Crippen molar-refractivity contribution in [1.82, 2.24) is 4.98 Å². The Bertz CT molecular complexity index is 467. The van der Waals surface area contributed by atoms with Crippen molar-refractivity contribution in [2.45, 2.75) is 6.61 Å². The van der Waals surface area contributed by atoms with E-state index >= 15 is 0 Å². The number of pyridine rings is 1. The molecular formula is C8H6ClFN2O5. The van der Waals surface area contributed by atoms with Gasteiger partial charge in [0.25, 0.3) is 0 Å². The molecule has 0 saturated carbocycles. The number of halogens is 2. The number of nitrogens with zero attached hydrogens (tertiary/aromatic N) is 2. The molecule has 0 bridgehead atoms. The number of hydrogen-bond donors (Lipinski definition) is 3. The fourth-order valence-electron chi connectivity index (χ4n) is 1.02. The van der Waals surface area contributed by atoms with Gasteiger partial charge < -0.3 is 15.3 Å². The second-order valence-corrected chi connectivity index (χ2v) is 3.19. The monoisotopic (exact) mass is 264 g/mol. The number of aromatic nitrogens is 1. The van der Waals surface area contributed by atoms with E-state index in [9.17, 15) is 14.0 Å². The molecule has 0 radical (unpaired) electrons. The first-order valence-corrected chi connectivity index (χ1v) is 4.48.